The Labute approximate surface area is 224 Å². The quantitative estimate of drug-likeness (QED) is 0.479. The summed E-state index contributed by atoms with van der Waals surface area (Å²) in [6.45, 7) is 7.67. The highest BCUT2D eigenvalue weighted by Gasteiger charge is 2.29. The van der Waals surface area contributed by atoms with Gasteiger partial charge in [-0.1, -0.05) is 48.0 Å². The fourth-order valence-electron chi connectivity index (χ4n) is 5.06. The molecule has 0 aliphatic carbocycles. The first-order chi connectivity index (χ1) is 18.5. The topological polar surface area (TPSA) is 78.9 Å². The molecule has 5 rings (SSSR count). The molecule has 2 aromatic carbocycles. The van der Waals surface area contributed by atoms with Crippen LogP contribution in [0.25, 0.3) is 11.3 Å². The average Bonchev–Trinajstić information content (AvgIpc) is 3.46. The number of aryl methyl sites for hydroxylation is 2. The molecule has 0 bridgehead atoms. The molecule has 1 atom stereocenters. The number of carbonyl (C=O) groups excluding carboxylic acids is 2. The van der Waals surface area contributed by atoms with Crippen LogP contribution in [0.4, 0.5) is 5.82 Å². The molecule has 2 aliphatic heterocycles. The zero-order valence-electron chi connectivity index (χ0n) is 22.2. The number of rotatable bonds is 7. The number of nitrogens with zero attached hydrogens (tertiary/aromatic N) is 5. The molecule has 2 amide bonds. The van der Waals surface area contributed by atoms with Crippen LogP contribution in [0.1, 0.15) is 34.3 Å². The highest BCUT2D eigenvalue weighted by Crippen LogP contribution is 2.21. The lowest BCUT2D eigenvalue weighted by Gasteiger charge is -2.36. The molecule has 2 saturated heterocycles. The molecule has 38 heavy (non-hydrogen) atoms. The van der Waals surface area contributed by atoms with E-state index in [1.54, 1.807) is 4.90 Å². The van der Waals surface area contributed by atoms with Crippen LogP contribution in [0.5, 0.6) is 0 Å². The molecule has 0 radical (unpaired) electrons. The minimum absolute atomic E-state index is 0.0194. The number of piperazine rings is 1. The van der Waals surface area contributed by atoms with E-state index in [9.17, 15) is 9.59 Å². The van der Waals surface area contributed by atoms with Crippen LogP contribution < -0.4 is 4.90 Å². The molecule has 1 aromatic heterocycles. The van der Waals surface area contributed by atoms with Gasteiger partial charge in [-0.2, -0.15) is 0 Å². The van der Waals surface area contributed by atoms with Crippen LogP contribution >= 0.6 is 0 Å². The number of carbonyl (C=O) groups is 2. The molecule has 0 spiro atoms. The maximum atomic E-state index is 13.4. The van der Waals surface area contributed by atoms with Gasteiger partial charge in [0.1, 0.15) is 6.54 Å². The number of ether oxygens (including phenoxy) is 1. The van der Waals surface area contributed by atoms with E-state index >= 15 is 0 Å². The molecule has 0 unspecified atom stereocenters. The first-order valence-electron chi connectivity index (χ1n) is 13.4. The van der Waals surface area contributed by atoms with E-state index in [1.165, 1.54) is 5.56 Å². The van der Waals surface area contributed by atoms with E-state index in [0.717, 1.165) is 35.5 Å². The Bertz CT molecular complexity index is 1250. The first-order valence-corrected chi connectivity index (χ1v) is 13.4. The number of aromatic nitrogens is 2. The SMILES string of the molecule is Cc1ccc(-c2ccc(N3CCN(C(=O)CN(C[C@@H]4CCCO4)C(=O)c4ccccc4C)CC3)nn2)cc1. The van der Waals surface area contributed by atoms with Gasteiger partial charge in [-0.05, 0) is 50.5 Å². The number of hydrogen-bond donors (Lipinski definition) is 0. The van der Waals surface area contributed by atoms with Crippen LogP contribution in [-0.2, 0) is 9.53 Å². The monoisotopic (exact) mass is 513 g/mol. The summed E-state index contributed by atoms with van der Waals surface area (Å²) in [6, 6.07) is 19.8. The van der Waals surface area contributed by atoms with E-state index in [0.29, 0.717) is 44.9 Å². The highest BCUT2D eigenvalue weighted by molar-refractivity contribution is 5.97. The Morgan fingerprint density at radius 2 is 1.71 bits per heavy atom. The smallest absolute Gasteiger partial charge is 0.254 e. The number of hydrogen-bond acceptors (Lipinski definition) is 6. The number of amides is 2. The van der Waals surface area contributed by atoms with Gasteiger partial charge in [-0.3, -0.25) is 9.59 Å². The standard InChI is InChI=1S/C30H35N5O3/c1-22-9-11-24(12-10-22)27-13-14-28(32-31-27)33-15-17-34(18-16-33)29(36)21-35(20-25-7-5-19-38-25)30(37)26-8-4-3-6-23(26)2/h3-4,6,8-14,25H,5,7,15-21H2,1-2H3/t25-/m0/s1. The van der Waals surface area contributed by atoms with Crippen LogP contribution in [0.3, 0.4) is 0 Å². The van der Waals surface area contributed by atoms with Gasteiger partial charge in [-0.25, -0.2) is 0 Å². The second-order valence-corrected chi connectivity index (χ2v) is 10.1. The van der Waals surface area contributed by atoms with Crippen molar-refractivity contribution in [2.75, 3.05) is 50.8 Å². The Hall–Kier alpha value is -3.78. The van der Waals surface area contributed by atoms with Crippen molar-refractivity contribution < 1.29 is 14.3 Å². The van der Waals surface area contributed by atoms with E-state index in [-0.39, 0.29) is 24.5 Å². The lowest BCUT2D eigenvalue weighted by atomic mass is 10.1. The lowest BCUT2D eigenvalue weighted by molar-refractivity contribution is -0.132. The maximum absolute atomic E-state index is 13.4. The van der Waals surface area contributed by atoms with Crippen molar-refractivity contribution in [3.05, 3.63) is 77.4 Å². The maximum Gasteiger partial charge on any atom is 0.254 e. The summed E-state index contributed by atoms with van der Waals surface area (Å²) in [5, 5.41) is 8.87. The van der Waals surface area contributed by atoms with Crippen molar-refractivity contribution in [2.24, 2.45) is 0 Å². The van der Waals surface area contributed by atoms with Crippen molar-refractivity contribution in [3.63, 3.8) is 0 Å². The first kappa shape index (κ1) is 25.9. The van der Waals surface area contributed by atoms with Crippen molar-refractivity contribution >= 4 is 17.6 Å². The Balaban J connectivity index is 1.20. The van der Waals surface area contributed by atoms with Gasteiger partial charge < -0.3 is 19.4 Å². The Morgan fingerprint density at radius 3 is 2.37 bits per heavy atom. The van der Waals surface area contributed by atoms with E-state index < -0.39 is 0 Å². The molecular formula is C30H35N5O3. The molecule has 0 N–H and O–H groups in total. The molecular weight excluding hydrogens is 478 g/mol. The number of anilines is 1. The Kier molecular flexibility index (Phi) is 7.98. The van der Waals surface area contributed by atoms with Crippen LogP contribution in [0.2, 0.25) is 0 Å². The molecule has 0 saturated carbocycles. The predicted molar refractivity (Wildman–Crippen MR) is 147 cm³/mol. The summed E-state index contributed by atoms with van der Waals surface area (Å²) in [6.07, 6.45) is 1.88. The van der Waals surface area contributed by atoms with Gasteiger partial charge in [0.2, 0.25) is 5.91 Å². The van der Waals surface area contributed by atoms with E-state index in [2.05, 4.69) is 46.3 Å². The summed E-state index contributed by atoms with van der Waals surface area (Å²) in [4.78, 5) is 32.4. The summed E-state index contributed by atoms with van der Waals surface area (Å²) in [7, 11) is 0. The van der Waals surface area contributed by atoms with Gasteiger partial charge in [0.25, 0.3) is 5.91 Å². The van der Waals surface area contributed by atoms with Crippen molar-refractivity contribution in [1.82, 2.24) is 20.0 Å². The summed E-state index contributed by atoms with van der Waals surface area (Å²) >= 11 is 0. The second-order valence-electron chi connectivity index (χ2n) is 10.1. The van der Waals surface area contributed by atoms with Gasteiger partial charge >= 0.3 is 0 Å². The minimum Gasteiger partial charge on any atom is -0.376 e. The Morgan fingerprint density at radius 1 is 0.947 bits per heavy atom. The molecule has 2 aliphatic rings. The van der Waals surface area contributed by atoms with Crippen LogP contribution in [0, 0.1) is 13.8 Å². The molecule has 3 heterocycles. The minimum atomic E-state index is -0.116. The zero-order valence-corrected chi connectivity index (χ0v) is 22.2. The van der Waals surface area contributed by atoms with Crippen molar-refractivity contribution in [2.45, 2.75) is 32.8 Å². The molecule has 198 valence electrons. The van der Waals surface area contributed by atoms with E-state index in [4.69, 9.17) is 4.74 Å². The highest BCUT2D eigenvalue weighted by atomic mass is 16.5. The normalized spacial score (nSPS) is 17.5. The van der Waals surface area contributed by atoms with Gasteiger partial charge in [-0.15, -0.1) is 10.2 Å². The van der Waals surface area contributed by atoms with Crippen molar-refractivity contribution in [3.8, 4) is 11.3 Å². The lowest BCUT2D eigenvalue weighted by Crippen LogP contribution is -2.52. The molecule has 2 fully saturated rings. The predicted octanol–water partition coefficient (Wildman–Crippen LogP) is 3.73. The molecule has 8 nitrogen and oxygen atoms in total. The second kappa shape index (κ2) is 11.7. The zero-order chi connectivity index (χ0) is 26.5. The molecule has 3 aromatic rings. The average molecular weight is 514 g/mol. The fourth-order valence-corrected chi connectivity index (χ4v) is 5.06. The third kappa shape index (κ3) is 6.02. The van der Waals surface area contributed by atoms with E-state index in [1.807, 2.05) is 48.2 Å². The largest absolute Gasteiger partial charge is 0.376 e. The third-order valence-corrected chi connectivity index (χ3v) is 7.39. The molecule has 8 heteroatoms. The summed E-state index contributed by atoms with van der Waals surface area (Å²) in [5.41, 5.74) is 4.63. The van der Waals surface area contributed by atoms with Gasteiger partial charge in [0, 0.05) is 50.5 Å². The summed E-state index contributed by atoms with van der Waals surface area (Å²) < 4.78 is 5.79. The van der Waals surface area contributed by atoms with Gasteiger partial charge in [0.15, 0.2) is 5.82 Å². The van der Waals surface area contributed by atoms with Crippen LogP contribution in [-0.4, -0.2) is 83.8 Å². The van der Waals surface area contributed by atoms with Crippen molar-refractivity contribution in [1.29, 1.82) is 0 Å². The third-order valence-electron chi connectivity index (χ3n) is 7.39. The number of benzene rings is 2. The fraction of sp³-hybridized carbons (Fsp3) is 0.400. The summed E-state index contributed by atoms with van der Waals surface area (Å²) in [5.74, 6) is 0.655. The van der Waals surface area contributed by atoms with Crippen LogP contribution in [0.15, 0.2) is 60.7 Å². The van der Waals surface area contributed by atoms with Gasteiger partial charge in [0.05, 0.1) is 11.8 Å².